The van der Waals surface area contributed by atoms with Crippen molar-refractivity contribution in [2.45, 2.75) is 13.5 Å². The average Bonchev–Trinajstić information content (AvgIpc) is 2.36. The van der Waals surface area contributed by atoms with Crippen LogP contribution in [0.15, 0.2) is 35.4 Å². The molecule has 1 aromatic carbocycles. The first-order valence-electron chi connectivity index (χ1n) is 5.69. The van der Waals surface area contributed by atoms with Gasteiger partial charge in [0.2, 0.25) is 0 Å². The van der Waals surface area contributed by atoms with Crippen molar-refractivity contribution >= 4 is 11.5 Å². The van der Waals surface area contributed by atoms with Crippen LogP contribution in [0.25, 0.3) is 0 Å². The predicted molar refractivity (Wildman–Crippen MR) is 72.4 cm³/mol. The van der Waals surface area contributed by atoms with Crippen molar-refractivity contribution in [1.82, 2.24) is 9.55 Å². The lowest BCUT2D eigenvalue weighted by molar-refractivity contribution is 0.839. The summed E-state index contributed by atoms with van der Waals surface area (Å²) >= 11 is 0. The summed E-state index contributed by atoms with van der Waals surface area (Å²) in [5.41, 5.74) is 8.53. The predicted octanol–water partition coefficient (Wildman–Crippen LogP) is 1.28. The molecule has 5 heteroatoms. The van der Waals surface area contributed by atoms with E-state index in [0.717, 1.165) is 16.8 Å². The maximum atomic E-state index is 11.8. The van der Waals surface area contributed by atoms with Crippen LogP contribution in [0.5, 0.6) is 0 Å². The molecule has 0 aliphatic carbocycles. The summed E-state index contributed by atoms with van der Waals surface area (Å²) < 4.78 is 1.49. The lowest BCUT2D eigenvalue weighted by Gasteiger charge is -2.10. The molecule has 0 bridgehead atoms. The van der Waals surface area contributed by atoms with Crippen molar-refractivity contribution in [2.75, 3.05) is 11.1 Å². The molecular formula is C13H16N4O. The zero-order valence-electron chi connectivity index (χ0n) is 10.5. The van der Waals surface area contributed by atoms with Gasteiger partial charge in [0.1, 0.15) is 0 Å². The molecule has 2 rings (SSSR count). The van der Waals surface area contributed by atoms with Crippen molar-refractivity contribution in [3.05, 3.63) is 52.1 Å². The van der Waals surface area contributed by atoms with Crippen LogP contribution in [0.3, 0.4) is 0 Å². The molecule has 0 atom stereocenters. The Balaban J connectivity index is 2.19. The highest BCUT2D eigenvalue weighted by atomic mass is 16.1. The van der Waals surface area contributed by atoms with Gasteiger partial charge in [0.05, 0.1) is 0 Å². The Morgan fingerprint density at radius 2 is 2.22 bits per heavy atom. The van der Waals surface area contributed by atoms with Crippen LogP contribution in [-0.2, 0) is 13.6 Å². The number of nitrogens with zero attached hydrogens (tertiary/aromatic N) is 2. The summed E-state index contributed by atoms with van der Waals surface area (Å²) in [5.74, 6) is 0.349. The van der Waals surface area contributed by atoms with Gasteiger partial charge in [-0.1, -0.05) is 12.1 Å². The summed E-state index contributed by atoms with van der Waals surface area (Å²) in [7, 11) is 1.70. The molecule has 3 N–H and O–H groups in total. The van der Waals surface area contributed by atoms with Crippen LogP contribution in [0.4, 0.5) is 11.5 Å². The molecule has 0 aliphatic rings. The molecule has 94 valence electrons. The summed E-state index contributed by atoms with van der Waals surface area (Å²) in [5, 5.41) is 3.04. The number of benzene rings is 1. The maximum absolute atomic E-state index is 11.8. The van der Waals surface area contributed by atoms with E-state index in [4.69, 9.17) is 5.73 Å². The Hall–Kier alpha value is -2.30. The Morgan fingerprint density at radius 3 is 3.00 bits per heavy atom. The molecule has 0 amide bonds. The Bertz CT molecular complexity index is 619. The summed E-state index contributed by atoms with van der Waals surface area (Å²) in [6, 6.07) is 5.74. The highest BCUT2D eigenvalue weighted by Gasteiger charge is 2.04. The number of nitrogens with one attached hydrogen (secondary N) is 1. The third-order valence-electron chi connectivity index (χ3n) is 2.95. The third-order valence-corrected chi connectivity index (χ3v) is 2.95. The Morgan fingerprint density at radius 1 is 1.44 bits per heavy atom. The zero-order valence-corrected chi connectivity index (χ0v) is 10.5. The van der Waals surface area contributed by atoms with Crippen LogP contribution >= 0.6 is 0 Å². The minimum absolute atomic E-state index is 0.140. The minimum atomic E-state index is -0.140. The van der Waals surface area contributed by atoms with E-state index < -0.39 is 0 Å². The normalized spacial score (nSPS) is 10.3. The van der Waals surface area contributed by atoms with Gasteiger partial charge >= 0.3 is 0 Å². The van der Waals surface area contributed by atoms with Crippen LogP contribution < -0.4 is 16.6 Å². The van der Waals surface area contributed by atoms with Gasteiger partial charge in [-0.05, 0) is 24.1 Å². The van der Waals surface area contributed by atoms with Crippen molar-refractivity contribution < 1.29 is 0 Å². The minimum Gasteiger partial charge on any atom is -0.399 e. The molecule has 18 heavy (non-hydrogen) atoms. The highest BCUT2D eigenvalue weighted by Crippen LogP contribution is 2.15. The van der Waals surface area contributed by atoms with Crippen LogP contribution in [0.1, 0.15) is 11.1 Å². The van der Waals surface area contributed by atoms with Crippen molar-refractivity contribution in [1.29, 1.82) is 0 Å². The second-order valence-electron chi connectivity index (χ2n) is 4.18. The van der Waals surface area contributed by atoms with Gasteiger partial charge in [-0.2, -0.15) is 0 Å². The molecule has 0 aliphatic heterocycles. The number of nitrogens with two attached hydrogens (primary N) is 1. The van der Waals surface area contributed by atoms with E-state index >= 15 is 0 Å². The lowest BCUT2D eigenvalue weighted by Crippen LogP contribution is -2.21. The molecule has 1 heterocycles. The molecular weight excluding hydrogens is 228 g/mol. The molecule has 5 nitrogen and oxygen atoms in total. The molecule has 0 spiro atoms. The first-order valence-corrected chi connectivity index (χ1v) is 5.69. The van der Waals surface area contributed by atoms with E-state index in [-0.39, 0.29) is 5.56 Å². The third kappa shape index (κ3) is 2.34. The Kier molecular flexibility index (Phi) is 3.32. The van der Waals surface area contributed by atoms with Gasteiger partial charge in [-0.15, -0.1) is 0 Å². The van der Waals surface area contributed by atoms with Gasteiger partial charge in [-0.25, -0.2) is 4.98 Å². The average molecular weight is 244 g/mol. The fraction of sp³-hybridized carbons (Fsp3) is 0.231. The number of aromatic nitrogens is 2. The van der Waals surface area contributed by atoms with Gasteiger partial charge in [-0.3, -0.25) is 4.79 Å². The molecule has 0 fully saturated rings. The summed E-state index contributed by atoms with van der Waals surface area (Å²) in [6.07, 6.45) is 3.22. The smallest absolute Gasteiger partial charge is 0.293 e. The van der Waals surface area contributed by atoms with E-state index in [2.05, 4.69) is 10.3 Å². The molecule has 0 saturated heterocycles. The molecule has 2 aromatic rings. The van der Waals surface area contributed by atoms with Crippen molar-refractivity contribution in [3.8, 4) is 0 Å². The number of rotatable bonds is 3. The number of hydrogen-bond donors (Lipinski definition) is 2. The molecule has 0 radical (unpaired) electrons. The second kappa shape index (κ2) is 4.91. The molecule has 0 unspecified atom stereocenters. The van der Waals surface area contributed by atoms with E-state index in [1.54, 1.807) is 19.4 Å². The zero-order chi connectivity index (χ0) is 13.1. The van der Waals surface area contributed by atoms with Gasteiger partial charge in [0.15, 0.2) is 5.82 Å². The standard InChI is InChI=1S/C13H16N4O/c1-9-10(4-3-5-11(9)14)8-16-12-13(18)17(2)7-6-15-12/h3-7H,8,14H2,1-2H3,(H,15,16). The quantitative estimate of drug-likeness (QED) is 0.798. The monoisotopic (exact) mass is 244 g/mol. The summed E-state index contributed by atoms with van der Waals surface area (Å²) in [4.78, 5) is 15.8. The topological polar surface area (TPSA) is 72.9 Å². The fourth-order valence-electron chi connectivity index (χ4n) is 1.69. The van der Waals surface area contributed by atoms with Gasteiger partial charge < -0.3 is 15.6 Å². The SMILES string of the molecule is Cc1c(N)cccc1CNc1nccn(C)c1=O. The summed E-state index contributed by atoms with van der Waals surface area (Å²) in [6.45, 7) is 2.49. The highest BCUT2D eigenvalue weighted by molar-refractivity contribution is 5.50. The van der Waals surface area contributed by atoms with Crippen LogP contribution in [0.2, 0.25) is 0 Å². The number of anilines is 2. The lowest BCUT2D eigenvalue weighted by atomic mass is 10.1. The van der Waals surface area contributed by atoms with Crippen molar-refractivity contribution in [2.24, 2.45) is 7.05 Å². The van der Waals surface area contributed by atoms with E-state index in [1.807, 2.05) is 25.1 Å². The molecule has 0 saturated carbocycles. The van der Waals surface area contributed by atoms with E-state index in [0.29, 0.717) is 12.4 Å². The number of nitrogen functional groups attached to an aromatic ring is 1. The fourth-order valence-corrected chi connectivity index (χ4v) is 1.69. The van der Waals surface area contributed by atoms with E-state index in [1.165, 1.54) is 4.57 Å². The largest absolute Gasteiger partial charge is 0.399 e. The van der Waals surface area contributed by atoms with E-state index in [9.17, 15) is 4.79 Å². The van der Waals surface area contributed by atoms with Crippen LogP contribution in [-0.4, -0.2) is 9.55 Å². The number of hydrogen-bond acceptors (Lipinski definition) is 4. The molecule has 1 aromatic heterocycles. The first-order chi connectivity index (χ1) is 8.59. The second-order valence-corrected chi connectivity index (χ2v) is 4.18. The number of aryl methyl sites for hydroxylation is 1. The van der Waals surface area contributed by atoms with Crippen molar-refractivity contribution in [3.63, 3.8) is 0 Å². The Labute approximate surface area is 105 Å². The maximum Gasteiger partial charge on any atom is 0.293 e. The van der Waals surface area contributed by atoms with Gasteiger partial charge in [0, 0.05) is 31.7 Å². The first kappa shape index (κ1) is 12.2. The van der Waals surface area contributed by atoms with Gasteiger partial charge in [0.25, 0.3) is 5.56 Å². The van der Waals surface area contributed by atoms with Crippen LogP contribution in [0, 0.1) is 6.92 Å².